The van der Waals surface area contributed by atoms with Crippen LogP contribution < -0.4 is 19.5 Å². The minimum Gasteiger partial charge on any atom is -0.493 e. The largest absolute Gasteiger partial charge is 0.493 e. The first-order valence-electron chi connectivity index (χ1n) is 10.8. The summed E-state index contributed by atoms with van der Waals surface area (Å²) in [6, 6.07) is 17.5. The van der Waals surface area contributed by atoms with Gasteiger partial charge in [-0.3, -0.25) is 4.79 Å². The zero-order valence-corrected chi connectivity index (χ0v) is 19.3. The fraction of sp³-hybridized carbons (Fsp3) is 0.231. The van der Waals surface area contributed by atoms with Crippen LogP contribution in [0.2, 0.25) is 0 Å². The maximum atomic E-state index is 13.3. The molecule has 1 N–H and O–H groups in total. The second-order valence-corrected chi connectivity index (χ2v) is 7.65. The summed E-state index contributed by atoms with van der Waals surface area (Å²) < 4.78 is 31.4. The van der Waals surface area contributed by atoms with Crippen LogP contribution in [0.25, 0.3) is 11.0 Å². The monoisotopic (exact) mass is 463 g/mol. The van der Waals surface area contributed by atoms with Crippen molar-refractivity contribution >= 4 is 16.9 Å². The first-order chi connectivity index (χ1) is 16.5. The van der Waals surface area contributed by atoms with Gasteiger partial charge < -0.3 is 24.1 Å². The third-order valence-corrected chi connectivity index (χ3v) is 5.55. The van der Waals surface area contributed by atoms with Gasteiger partial charge in [0.25, 0.3) is 5.91 Å². The number of carbonyl (C=O) groups is 1. The highest BCUT2D eigenvalue weighted by atomic mass is 19.1. The third-order valence-electron chi connectivity index (χ3n) is 5.55. The number of rotatable bonds is 9. The van der Waals surface area contributed by atoms with Gasteiger partial charge in [0.2, 0.25) is 5.75 Å². The van der Waals surface area contributed by atoms with Crippen molar-refractivity contribution in [2.45, 2.75) is 13.0 Å². The van der Waals surface area contributed by atoms with Crippen molar-refractivity contribution in [2.75, 3.05) is 27.9 Å². The average Bonchev–Trinajstić information content (AvgIpc) is 3.21. The zero-order chi connectivity index (χ0) is 24.1. The predicted molar refractivity (Wildman–Crippen MR) is 127 cm³/mol. The number of hydrogen-bond acceptors (Lipinski definition) is 5. The van der Waals surface area contributed by atoms with Crippen LogP contribution in [0.1, 0.15) is 21.7 Å². The van der Waals surface area contributed by atoms with E-state index in [0.717, 1.165) is 22.4 Å². The Morgan fingerprint density at radius 1 is 0.971 bits per heavy atom. The minimum atomic E-state index is -0.269. The molecule has 7 nitrogen and oxygen atoms in total. The smallest absolute Gasteiger partial charge is 0.251 e. The molecule has 0 saturated carbocycles. The first-order valence-corrected chi connectivity index (χ1v) is 10.8. The van der Waals surface area contributed by atoms with Crippen LogP contribution in [-0.4, -0.2) is 43.3 Å². The lowest BCUT2D eigenvalue weighted by molar-refractivity contribution is 0.0953. The van der Waals surface area contributed by atoms with E-state index in [4.69, 9.17) is 19.2 Å². The van der Waals surface area contributed by atoms with Crippen LogP contribution in [0.3, 0.4) is 0 Å². The zero-order valence-electron chi connectivity index (χ0n) is 19.3. The fourth-order valence-electron chi connectivity index (χ4n) is 3.87. The van der Waals surface area contributed by atoms with Gasteiger partial charge in [-0.05, 0) is 42.0 Å². The number of halogens is 1. The lowest BCUT2D eigenvalue weighted by Gasteiger charge is -2.14. The summed E-state index contributed by atoms with van der Waals surface area (Å²) in [5, 5.41) is 2.94. The lowest BCUT2D eigenvalue weighted by atomic mass is 10.1. The van der Waals surface area contributed by atoms with Crippen molar-refractivity contribution in [1.82, 2.24) is 14.9 Å². The van der Waals surface area contributed by atoms with E-state index >= 15 is 0 Å². The van der Waals surface area contributed by atoms with Gasteiger partial charge in [0.05, 0.1) is 32.4 Å². The summed E-state index contributed by atoms with van der Waals surface area (Å²) in [4.78, 5) is 17.6. The Bertz CT molecular complexity index is 1280. The standard InChI is InChI=1S/C26H26FN3O4/c1-32-22-14-18(15-23(33-2)25(22)34-3)26(31)28-13-12-24-29-20-6-4-5-7-21(20)30(24)16-17-8-10-19(27)11-9-17/h4-11,14-15H,12-13,16H2,1-3H3,(H,28,31). The highest BCUT2D eigenvalue weighted by molar-refractivity contribution is 5.95. The van der Waals surface area contributed by atoms with E-state index in [0.29, 0.717) is 42.3 Å². The van der Waals surface area contributed by atoms with Gasteiger partial charge in [0, 0.05) is 25.1 Å². The fourth-order valence-corrected chi connectivity index (χ4v) is 3.87. The van der Waals surface area contributed by atoms with Crippen molar-refractivity contribution in [1.29, 1.82) is 0 Å². The summed E-state index contributed by atoms with van der Waals surface area (Å²) in [7, 11) is 4.52. The number of hydrogen-bond donors (Lipinski definition) is 1. The molecule has 0 bridgehead atoms. The first kappa shape index (κ1) is 23.1. The summed E-state index contributed by atoms with van der Waals surface area (Å²) in [5.41, 5.74) is 3.22. The number of aromatic nitrogens is 2. The molecule has 0 aliphatic rings. The molecule has 176 valence electrons. The van der Waals surface area contributed by atoms with E-state index in [1.54, 1.807) is 24.3 Å². The summed E-state index contributed by atoms with van der Waals surface area (Å²) in [6.45, 7) is 0.930. The van der Waals surface area contributed by atoms with Gasteiger partial charge in [0.1, 0.15) is 11.6 Å². The normalized spacial score (nSPS) is 10.8. The summed E-state index contributed by atoms with van der Waals surface area (Å²) in [6.07, 6.45) is 0.520. The Morgan fingerprint density at radius 3 is 2.29 bits per heavy atom. The highest BCUT2D eigenvalue weighted by Gasteiger charge is 2.17. The molecule has 0 fully saturated rings. The number of benzene rings is 3. The molecular weight excluding hydrogens is 437 g/mol. The number of amides is 1. The second-order valence-electron chi connectivity index (χ2n) is 7.65. The van der Waals surface area contributed by atoms with E-state index < -0.39 is 0 Å². The molecular formula is C26H26FN3O4. The molecule has 0 radical (unpaired) electrons. The molecule has 0 saturated heterocycles. The molecule has 4 rings (SSSR count). The van der Waals surface area contributed by atoms with Gasteiger partial charge in [0.15, 0.2) is 11.5 Å². The molecule has 3 aromatic carbocycles. The highest BCUT2D eigenvalue weighted by Crippen LogP contribution is 2.38. The number of ether oxygens (including phenoxy) is 3. The maximum absolute atomic E-state index is 13.3. The maximum Gasteiger partial charge on any atom is 0.251 e. The lowest BCUT2D eigenvalue weighted by Crippen LogP contribution is -2.26. The number of nitrogens with one attached hydrogen (secondary N) is 1. The van der Waals surface area contributed by atoms with Crippen molar-refractivity contribution in [2.24, 2.45) is 0 Å². The Kier molecular flexibility index (Phi) is 6.96. The number of para-hydroxylation sites is 2. The molecule has 1 amide bonds. The van der Waals surface area contributed by atoms with E-state index in [2.05, 4.69) is 9.88 Å². The number of fused-ring (bicyclic) bond motifs is 1. The average molecular weight is 464 g/mol. The Labute approximate surface area is 197 Å². The van der Waals surface area contributed by atoms with Crippen LogP contribution in [0.4, 0.5) is 4.39 Å². The molecule has 0 spiro atoms. The predicted octanol–water partition coefficient (Wildman–Crippen LogP) is 4.22. The van der Waals surface area contributed by atoms with Crippen molar-refractivity contribution in [3.05, 3.63) is 83.4 Å². The summed E-state index contributed by atoms with van der Waals surface area (Å²) in [5.74, 6) is 1.54. The van der Waals surface area contributed by atoms with Crippen LogP contribution in [0.5, 0.6) is 17.2 Å². The van der Waals surface area contributed by atoms with Gasteiger partial charge in [-0.15, -0.1) is 0 Å². The van der Waals surface area contributed by atoms with E-state index in [1.165, 1.54) is 33.5 Å². The van der Waals surface area contributed by atoms with Crippen LogP contribution in [0, 0.1) is 5.82 Å². The minimum absolute atomic E-state index is 0.263. The van der Waals surface area contributed by atoms with E-state index in [-0.39, 0.29) is 11.7 Å². The number of imidazole rings is 1. The molecule has 0 atom stereocenters. The Balaban J connectivity index is 1.52. The molecule has 0 aliphatic heterocycles. The molecule has 1 aromatic heterocycles. The Morgan fingerprint density at radius 2 is 1.65 bits per heavy atom. The van der Waals surface area contributed by atoms with Gasteiger partial charge in [-0.25, -0.2) is 9.37 Å². The number of methoxy groups -OCH3 is 3. The van der Waals surface area contributed by atoms with Crippen LogP contribution >= 0.6 is 0 Å². The Hall–Kier alpha value is -4.07. The summed E-state index contributed by atoms with van der Waals surface area (Å²) >= 11 is 0. The third kappa shape index (κ3) is 4.80. The molecule has 1 heterocycles. The topological polar surface area (TPSA) is 74.6 Å². The molecule has 4 aromatic rings. The van der Waals surface area contributed by atoms with Crippen molar-refractivity contribution in [3.8, 4) is 17.2 Å². The van der Waals surface area contributed by atoms with Crippen LogP contribution in [-0.2, 0) is 13.0 Å². The van der Waals surface area contributed by atoms with Crippen LogP contribution in [0.15, 0.2) is 60.7 Å². The van der Waals surface area contributed by atoms with Crippen molar-refractivity contribution in [3.63, 3.8) is 0 Å². The van der Waals surface area contributed by atoms with Gasteiger partial charge >= 0.3 is 0 Å². The van der Waals surface area contributed by atoms with Gasteiger partial charge in [-0.2, -0.15) is 0 Å². The van der Waals surface area contributed by atoms with E-state index in [9.17, 15) is 9.18 Å². The molecule has 34 heavy (non-hydrogen) atoms. The van der Waals surface area contributed by atoms with E-state index in [1.807, 2.05) is 24.3 Å². The van der Waals surface area contributed by atoms with Crippen molar-refractivity contribution < 1.29 is 23.4 Å². The second kappa shape index (κ2) is 10.2. The molecule has 0 unspecified atom stereocenters. The number of nitrogens with zero attached hydrogens (tertiary/aromatic N) is 2. The number of carbonyl (C=O) groups excluding carboxylic acids is 1. The quantitative estimate of drug-likeness (QED) is 0.402. The van der Waals surface area contributed by atoms with Gasteiger partial charge in [-0.1, -0.05) is 24.3 Å². The molecule has 8 heteroatoms. The molecule has 0 aliphatic carbocycles. The SMILES string of the molecule is COc1cc(C(=O)NCCc2nc3ccccc3n2Cc2ccc(F)cc2)cc(OC)c1OC.